The third-order valence-corrected chi connectivity index (χ3v) is 3.67. The van der Waals surface area contributed by atoms with Gasteiger partial charge in [0.1, 0.15) is 0 Å². The molecule has 0 spiro atoms. The Morgan fingerprint density at radius 3 is 3.27 bits per heavy atom. The zero-order valence-electron chi connectivity index (χ0n) is 8.26. The Morgan fingerprint density at radius 2 is 2.47 bits per heavy atom. The van der Waals surface area contributed by atoms with E-state index in [2.05, 4.69) is 9.55 Å². The number of nitrogens with zero attached hydrogens (tertiary/aromatic N) is 2. The van der Waals surface area contributed by atoms with E-state index in [-0.39, 0.29) is 6.10 Å². The van der Waals surface area contributed by atoms with E-state index in [1.807, 2.05) is 23.8 Å². The monoisotopic (exact) mass is 220 g/mol. The van der Waals surface area contributed by atoms with Gasteiger partial charge in [-0.05, 0) is 25.3 Å². The van der Waals surface area contributed by atoms with Crippen LogP contribution in [0, 0.1) is 0 Å². The van der Waals surface area contributed by atoms with Crippen LogP contribution >= 0.6 is 11.3 Å². The van der Waals surface area contributed by atoms with Gasteiger partial charge >= 0.3 is 0 Å². The molecular weight excluding hydrogens is 208 g/mol. The molecule has 0 radical (unpaired) electrons. The third-order valence-electron chi connectivity index (χ3n) is 2.90. The second-order valence-electron chi connectivity index (χ2n) is 3.81. The van der Waals surface area contributed by atoms with E-state index in [0.29, 0.717) is 0 Å². The number of aromatic nitrogens is 2. The van der Waals surface area contributed by atoms with E-state index < -0.39 is 0 Å². The van der Waals surface area contributed by atoms with Crippen LogP contribution in [0.1, 0.15) is 30.2 Å². The minimum Gasteiger partial charge on any atom is -0.388 e. The molecule has 3 rings (SSSR count). The van der Waals surface area contributed by atoms with Crippen molar-refractivity contribution in [1.82, 2.24) is 9.55 Å². The number of fused-ring (bicyclic) bond motifs is 1. The highest BCUT2D eigenvalue weighted by Gasteiger charge is 2.21. The molecule has 4 heteroatoms. The number of hydrogen-bond donors (Lipinski definition) is 1. The predicted molar refractivity (Wildman–Crippen MR) is 59.3 cm³/mol. The lowest BCUT2D eigenvalue weighted by Crippen LogP contribution is -2.10. The summed E-state index contributed by atoms with van der Waals surface area (Å²) < 4.78 is 2.10. The largest absolute Gasteiger partial charge is 0.388 e. The van der Waals surface area contributed by atoms with Crippen molar-refractivity contribution in [2.75, 3.05) is 0 Å². The van der Waals surface area contributed by atoms with Crippen LogP contribution in [0.4, 0.5) is 0 Å². The van der Waals surface area contributed by atoms with Gasteiger partial charge in [0.25, 0.3) is 0 Å². The van der Waals surface area contributed by atoms with Gasteiger partial charge < -0.3 is 5.11 Å². The molecule has 2 heterocycles. The van der Waals surface area contributed by atoms with Crippen molar-refractivity contribution in [1.29, 1.82) is 0 Å². The molecule has 0 bridgehead atoms. The summed E-state index contributed by atoms with van der Waals surface area (Å²) in [5, 5.41) is 12.8. The highest BCUT2D eigenvalue weighted by atomic mass is 32.1. The van der Waals surface area contributed by atoms with E-state index >= 15 is 0 Å². The first-order chi connectivity index (χ1) is 7.36. The molecule has 78 valence electrons. The van der Waals surface area contributed by atoms with Crippen LogP contribution in [-0.2, 0) is 6.42 Å². The van der Waals surface area contributed by atoms with Crippen LogP contribution in [0.25, 0.3) is 5.13 Å². The van der Waals surface area contributed by atoms with Crippen LogP contribution in [0.3, 0.4) is 0 Å². The zero-order chi connectivity index (χ0) is 10.3. The summed E-state index contributed by atoms with van der Waals surface area (Å²) in [6.45, 7) is 0. The second kappa shape index (κ2) is 3.47. The van der Waals surface area contributed by atoms with Crippen LogP contribution in [0.2, 0.25) is 0 Å². The second-order valence-corrected chi connectivity index (χ2v) is 4.68. The fourth-order valence-corrected chi connectivity index (χ4v) is 2.83. The molecule has 0 fully saturated rings. The maximum absolute atomic E-state index is 9.84. The minimum absolute atomic E-state index is 0.282. The summed E-state index contributed by atoms with van der Waals surface area (Å²) in [7, 11) is 0. The topological polar surface area (TPSA) is 38.0 Å². The van der Waals surface area contributed by atoms with Crippen LogP contribution in [-0.4, -0.2) is 14.7 Å². The van der Waals surface area contributed by atoms with Gasteiger partial charge in [-0.15, -0.1) is 11.3 Å². The Kier molecular flexibility index (Phi) is 2.11. The molecule has 3 nitrogen and oxygen atoms in total. The van der Waals surface area contributed by atoms with Gasteiger partial charge in [0.15, 0.2) is 5.13 Å². The summed E-state index contributed by atoms with van der Waals surface area (Å²) in [5.74, 6) is 0. The van der Waals surface area contributed by atoms with Gasteiger partial charge in [-0.2, -0.15) is 0 Å². The molecule has 0 saturated heterocycles. The lowest BCUT2D eigenvalue weighted by Gasteiger charge is -2.19. The van der Waals surface area contributed by atoms with E-state index in [9.17, 15) is 5.11 Å². The first-order valence-corrected chi connectivity index (χ1v) is 6.02. The van der Waals surface area contributed by atoms with Gasteiger partial charge in [-0.3, -0.25) is 4.57 Å². The molecule has 0 aliphatic heterocycles. The molecule has 1 N–H and O–H groups in total. The molecule has 1 aliphatic carbocycles. The summed E-state index contributed by atoms with van der Waals surface area (Å²) in [6, 6.07) is 2.01. The molecule has 0 aromatic carbocycles. The quantitative estimate of drug-likeness (QED) is 0.800. The number of aliphatic hydroxyl groups is 1. The summed E-state index contributed by atoms with van der Waals surface area (Å²) in [4.78, 5) is 4.29. The van der Waals surface area contributed by atoms with Gasteiger partial charge in [0.2, 0.25) is 0 Å². The molecule has 15 heavy (non-hydrogen) atoms. The Balaban J connectivity index is 2.11. The highest BCUT2D eigenvalue weighted by Crippen LogP contribution is 2.32. The van der Waals surface area contributed by atoms with Crippen LogP contribution < -0.4 is 0 Å². The van der Waals surface area contributed by atoms with Crippen molar-refractivity contribution < 1.29 is 5.11 Å². The van der Waals surface area contributed by atoms with Gasteiger partial charge in [0.05, 0.1) is 6.10 Å². The molecule has 0 saturated carbocycles. The Labute approximate surface area is 92.0 Å². The van der Waals surface area contributed by atoms with Crippen molar-refractivity contribution in [2.45, 2.75) is 25.4 Å². The maximum atomic E-state index is 9.84. The average molecular weight is 220 g/mol. The van der Waals surface area contributed by atoms with Gasteiger partial charge in [-0.25, -0.2) is 4.98 Å². The van der Waals surface area contributed by atoms with E-state index in [4.69, 9.17) is 0 Å². The maximum Gasteiger partial charge on any atom is 0.193 e. The molecule has 2 aromatic heterocycles. The van der Waals surface area contributed by atoms with Crippen molar-refractivity contribution >= 4 is 11.3 Å². The Bertz CT molecular complexity index is 461. The fourth-order valence-electron chi connectivity index (χ4n) is 2.18. The van der Waals surface area contributed by atoms with E-state index in [1.54, 1.807) is 11.3 Å². The predicted octanol–water partition coefficient (Wildman–Crippen LogP) is 2.30. The van der Waals surface area contributed by atoms with E-state index in [1.165, 1.54) is 5.69 Å². The Hall–Kier alpha value is -1.13. The normalized spacial score (nSPS) is 20.2. The molecule has 1 aliphatic rings. The van der Waals surface area contributed by atoms with Crippen LogP contribution in [0.5, 0.6) is 0 Å². The number of thiazole rings is 1. The lowest BCUT2D eigenvalue weighted by molar-refractivity contribution is 0.156. The molecular formula is C11H12N2OS. The third kappa shape index (κ3) is 1.41. The van der Waals surface area contributed by atoms with Crippen molar-refractivity contribution in [2.24, 2.45) is 0 Å². The lowest BCUT2D eigenvalue weighted by atomic mass is 9.95. The standard InChI is InChI=1S/C11H12N2OS/c14-10-3-1-2-9-8(10)4-6-13(9)11-12-5-7-15-11/h4-7,10,14H,1-3H2. The molecule has 1 atom stereocenters. The number of aliphatic hydroxyl groups excluding tert-OH is 1. The fraction of sp³-hybridized carbons (Fsp3) is 0.364. The Morgan fingerprint density at radius 1 is 1.53 bits per heavy atom. The summed E-state index contributed by atoms with van der Waals surface area (Å²) in [5.41, 5.74) is 2.31. The molecule has 1 unspecified atom stereocenters. The SMILES string of the molecule is OC1CCCc2c1ccn2-c1nccs1. The van der Waals surface area contributed by atoms with Crippen LogP contribution in [0.15, 0.2) is 23.8 Å². The molecule has 2 aromatic rings. The number of rotatable bonds is 1. The summed E-state index contributed by atoms with van der Waals surface area (Å²) in [6.07, 6.45) is 6.52. The van der Waals surface area contributed by atoms with Crippen molar-refractivity contribution in [3.05, 3.63) is 35.1 Å². The smallest absolute Gasteiger partial charge is 0.193 e. The van der Waals surface area contributed by atoms with E-state index in [0.717, 1.165) is 30.0 Å². The highest BCUT2D eigenvalue weighted by molar-refractivity contribution is 7.12. The summed E-state index contributed by atoms with van der Waals surface area (Å²) >= 11 is 1.62. The van der Waals surface area contributed by atoms with Gasteiger partial charge in [0, 0.05) is 29.0 Å². The van der Waals surface area contributed by atoms with Gasteiger partial charge in [-0.1, -0.05) is 0 Å². The first kappa shape index (κ1) is 9.12. The molecule has 0 amide bonds. The average Bonchev–Trinajstić information content (AvgIpc) is 2.85. The van der Waals surface area contributed by atoms with Crippen molar-refractivity contribution in [3.63, 3.8) is 0 Å². The minimum atomic E-state index is -0.282. The zero-order valence-corrected chi connectivity index (χ0v) is 9.07. The van der Waals surface area contributed by atoms with Crippen molar-refractivity contribution in [3.8, 4) is 5.13 Å². The number of hydrogen-bond acceptors (Lipinski definition) is 3. The first-order valence-electron chi connectivity index (χ1n) is 5.14.